The predicted molar refractivity (Wildman–Crippen MR) is 78.3 cm³/mol. The highest BCUT2D eigenvalue weighted by Crippen LogP contribution is 2.14. The Labute approximate surface area is 115 Å². The number of aryl methyl sites for hydroxylation is 1. The van der Waals surface area contributed by atoms with Crippen molar-refractivity contribution < 1.29 is 0 Å². The molecule has 2 rings (SSSR count). The average molecular weight is 260 g/mol. The van der Waals surface area contributed by atoms with E-state index in [1.54, 1.807) is 6.33 Å². The van der Waals surface area contributed by atoms with Gasteiger partial charge in [0.15, 0.2) is 5.65 Å². The maximum Gasteiger partial charge on any atom is 0.155 e. The average Bonchev–Trinajstić information content (AvgIpc) is 2.81. The number of nitrogens with zero attached hydrogens (tertiary/aromatic N) is 3. The molecule has 0 aliphatic carbocycles. The largest absolute Gasteiger partial charge is 0.313 e. The number of rotatable bonds is 6. The lowest BCUT2D eigenvalue weighted by molar-refractivity contribution is 0.392. The third kappa shape index (κ3) is 3.32. The number of nitrogens with one attached hydrogen (secondary N) is 1. The van der Waals surface area contributed by atoms with E-state index in [1.807, 2.05) is 4.52 Å². The molecule has 1 N–H and O–H groups in total. The second-order valence-electron chi connectivity index (χ2n) is 5.56. The summed E-state index contributed by atoms with van der Waals surface area (Å²) in [5.74, 6) is 0.602. The van der Waals surface area contributed by atoms with E-state index in [1.165, 1.54) is 11.3 Å². The molecule has 0 aliphatic heterocycles. The van der Waals surface area contributed by atoms with Gasteiger partial charge < -0.3 is 5.32 Å². The van der Waals surface area contributed by atoms with E-state index in [2.05, 4.69) is 55.2 Å². The lowest BCUT2D eigenvalue weighted by Crippen LogP contribution is -2.36. The Bertz CT molecular complexity index is 530. The van der Waals surface area contributed by atoms with Crippen molar-refractivity contribution in [2.24, 2.45) is 5.92 Å². The van der Waals surface area contributed by atoms with Gasteiger partial charge in [-0.3, -0.25) is 0 Å². The van der Waals surface area contributed by atoms with Crippen LogP contribution >= 0.6 is 0 Å². The van der Waals surface area contributed by atoms with Gasteiger partial charge in [-0.15, -0.1) is 0 Å². The van der Waals surface area contributed by atoms with E-state index in [0.29, 0.717) is 12.0 Å². The van der Waals surface area contributed by atoms with Gasteiger partial charge in [-0.05, 0) is 43.5 Å². The third-order valence-corrected chi connectivity index (χ3v) is 3.49. The highest BCUT2D eigenvalue weighted by molar-refractivity contribution is 5.41. The molecule has 0 saturated heterocycles. The molecule has 19 heavy (non-hydrogen) atoms. The number of hydrogen-bond acceptors (Lipinski definition) is 3. The normalized spacial score (nSPS) is 13.3. The van der Waals surface area contributed by atoms with E-state index in [4.69, 9.17) is 0 Å². The number of hydrogen-bond donors (Lipinski definition) is 1. The van der Waals surface area contributed by atoms with Crippen molar-refractivity contribution in [2.45, 2.75) is 46.6 Å². The molecule has 0 fully saturated rings. The van der Waals surface area contributed by atoms with Crippen molar-refractivity contribution in [3.8, 4) is 0 Å². The van der Waals surface area contributed by atoms with E-state index >= 15 is 0 Å². The number of aromatic nitrogens is 3. The van der Waals surface area contributed by atoms with Gasteiger partial charge in [-0.2, -0.15) is 5.10 Å². The first-order chi connectivity index (χ1) is 9.11. The van der Waals surface area contributed by atoms with Crippen LogP contribution in [-0.2, 0) is 6.42 Å². The molecule has 0 radical (unpaired) electrons. The van der Waals surface area contributed by atoms with Crippen LogP contribution in [0.2, 0.25) is 0 Å². The van der Waals surface area contributed by atoms with Crippen molar-refractivity contribution in [3.63, 3.8) is 0 Å². The van der Waals surface area contributed by atoms with Gasteiger partial charge in [0.1, 0.15) is 6.33 Å². The molecule has 2 aromatic rings. The standard InChI is InChI=1S/C15H24N4/c1-5-6-16-14(11(2)3)9-13-7-12(4)8-15-17-10-18-19(13)15/h7-8,10-11,14,16H,5-6,9H2,1-4H3. The zero-order chi connectivity index (χ0) is 13.8. The van der Waals surface area contributed by atoms with Gasteiger partial charge in [0, 0.05) is 18.2 Å². The van der Waals surface area contributed by atoms with Crippen molar-refractivity contribution >= 4 is 5.65 Å². The Kier molecular flexibility index (Phi) is 4.53. The molecular formula is C15H24N4. The maximum atomic E-state index is 4.33. The molecular weight excluding hydrogens is 236 g/mol. The lowest BCUT2D eigenvalue weighted by atomic mass is 9.98. The maximum absolute atomic E-state index is 4.33. The van der Waals surface area contributed by atoms with E-state index in [-0.39, 0.29) is 0 Å². The molecule has 4 nitrogen and oxygen atoms in total. The third-order valence-electron chi connectivity index (χ3n) is 3.49. The fourth-order valence-corrected chi connectivity index (χ4v) is 2.38. The fourth-order valence-electron chi connectivity index (χ4n) is 2.38. The molecule has 0 spiro atoms. The van der Waals surface area contributed by atoms with Crippen molar-refractivity contribution in [1.82, 2.24) is 19.9 Å². The quantitative estimate of drug-likeness (QED) is 0.868. The predicted octanol–water partition coefficient (Wildman–Crippen LogP) is 2.60. The minimum absolute atomic E-state index is 0.481. The monoisotopic (exact) mass is 260 g/mol. The molecule has 0 aromatic carbocycles. The summed E-state index contributed by atoms with van der Waals surface area (Å²) in [5, 5.41) is 7.96. The fraction of sp³-hybridized carbons (Fsp3) is 0.600. The summed E-state index contributed by atoms with van der Waals surface area (Å²) in [7, 11) is 0. The summed E-state index contributed by atoms with van der Waals surface area (Å²) in [5.41, 5.74) is 3.41. The summed E-state index contributed by atoms with van der Waals surface area (Å²) in [6.45, 7) is 9.91. The van der Waals surface area contributed by atoms with Crippen LogP contribution in [0.4, 0.5) is 0 Å². The minimum Gasteiger partial charge on any atom is -0.313 e. The van der Waals surface area contributed by atoms with Crippen LogP contribution in [0.5, 0.6) is 0 Å². The van der Waals surface area contributed by atoms with Crippen molar-refractivity contribution in [2.75, 3.05) is 6.54 Å². The summed E-state index contributed by atoms with van der Waals surface area (Å²) in [6, 6.07) is 4.76. The minimum atomic E-state index is 0.481. The van der Waals surface area contributed by atoms with Crippen molar-refractivity contribution in [3.05, 3.63) is 29.7 Å². The van der Waals surface area contributed by atoms with Crippen LogP contribution < -0.4 is 5.32 Å². The topological polar surface area (TPSA) is 42.2 Å². The van der Waals surface area contributed by atoms with Crippen LogP contribution in [0.3, 0.4) is 0 Å². The Morgan fingerprint density at radius 2 is 2.11 bits per heavy atom. The van der Waals surface area contributed by atoms with Gasteiger partial charge in [0.05, 0.1) is 0 Å². The molecule has 0 aliphatic rings. The molecule has 2 heterocycles. The highest BCUT2D eigenvalue weighted by atomic mass is 15.3. The molecule has 1 atom stereocenters. The summed E-state index contributed by atoms with van der Waals surface area (Å²) >= 11 is 0. The van der Waals surface area contributed by atoms with Crippen LogP contribution in [0, 0.1) is 12.8 Å². The summed E-state index contributed by atoms with van der Waals surface area (Å²) in [4.78, 5) is 4.29. The van der Waals surface area contributed by atoms with Gasteiger partial charge in [0.25, 0.3) is 0 Å². The van der Waals surface area contributed by atoms with E-state index < -0.39 is 0 Å². The van der Waals surface area contributed by atoms with Crippen LogP contribution in [0.1, 0.15) is 38.4 Å². The number of pyridine rings is 1. The van der Waals surface area contributed by atoms with E-state index in [9.17, 15) is 0 Å². The molecule has 104 valence electrons. The van der Waals surface area contributed by atoms with Gasteiger partial charge >= 0.3 is 0 Å². The first kappa shape index (κ1) is 14.0. The second kappa shape index (κ2) is 6.15. The van der Waals surface area contributed by atoms with Gasteiger partial charge in [0.2, 0.25) is 0 Å². The Hall–Kier alpha value is -1.42. The van der Waals surface area contributed by atoms with Gasteiger partial charge in [-0.1, -0.05) is 20.8 Å². The molecule has 1 unspecified atom stereocenters. The first-order valence-electron chi connectivity index (χ1n) is 7.14. The second-order valence-corrected chi connectivity index (χ2v) is 5.56. The van der Waals surface area contributed by atoms with Crippen molar-refractivity contribution in [1.29, 1.82) is 0 Å². The number of fused-ring (bicyclic) bond motifs is 1. The van der Waals surface area contributed by atoms with Crippen LogP contribution in [0.25, 0.3) is 5.65 Å². The molecule has 0 bridgehead atoms. The zero-order valence-corrected chi connectivity index (χ0v) is 12.3. The summed E-state index contributed by atoms with van der Waals surface area (Å²) < 4.78 is 1.95. The molecule has 2 aromatic heterocycles. The smallest absolute Gasteiger partial charge is 0.155 e. The molecule has 0 saturated carbocycles. The Morgan fingerprint density at radius 3 is 2.79 bits per heavy atom. The van der Waals surface area contributed by atoms with Gasteiger partial charge in [-0.25, -0.2) is 9.50 Å². The Morgan fingerprint density at radius 1 is 1.32 bits per heavy atom. The highest BCUT2D eigenvalue weighted by Gasteiger charge is 2.15. The van der Waals surface area contributed by atoms with E-state index in [0.717, 1.165) is 25.0 Å². The first-order valence-corrected chi connectivity index (χ1v) is 7.14. The summed E-state index contributed by atoms with van der Waals surface area (Å²) in [6.07, 6.45) is 3.77. The van der Waals surface area contributed by atoms with Crippen LogP contribution in [0.15, 0.2) is 18.5 Å². The molecule has 0 amide bonds. The Balaban J connectivity index is 2.25. The molecule has 4 heteroatoms. The van der Waals surface area contributed by atoms with Crippen LogP contribution in [-0.4, -0.2) is 27.2 Å². The SMILES string of the molecule is CCCNC(Cc1cc(C)cc2ncnn12)C(C)C. The zero-order valence-electron chi connectivity index (χ0n) is 12.3. The lowest BCUT2D eigenvalue weighted by Gasteiger charge is -2.22.